The topological polar surface area (TPSA) is 74.8 Å². The zero-order valence-electron chi connectivity index (χ0n) is 16.2. The Kier molecular flexibility index (Phi) is 7.75. The second-order valence-electron chi connectivity index (χ2n) is 6.96. The maximum Gasteiger partial charge on any atom is 0.239 e. The summed E-state index contributed by atoms with van der Waals surface area (Å²) in [4.78, 5) is 16.3. The Balaban J connectivity index is 1.70. The number of hydrogen-bond acceptors (Lipinski definition) is 3. The Morgan fingerprint density at radius 2 is 1.85 bits per heavy atom. The largest absolute Gasteiger partial charge is 0.497 e. The summed E-state index contributed by atoms with van der Waals surface area (Å²) in [6.07, 6.45) is 6.36. The van der Waals surface area contributed by atoms with Gasteiger partial charge >= 0.3 is 0 Å². The third-order valence-corrected chi connectivity index (χ3v) is 5.33. The molecular formula is C20H32N4O2. The van der Waals surface area contributed by atoms with Crippen molar-refractivity contribution in [3.63, 3.8) is 0 Å². The SMILES string of the molecule is CCC1(CNC(=NC)NCC(=O)NCc2ccc(OC)cc2)CCCC1. The van der Waals surface area contributed by atoms with Crippen LogP contribution in [0.4, 0.5) is 0 Å². The van der Waals surface area contributed by atoms with Crippen molar-refractivity contribution in [1.82, 2.24) is 16.0 Å². The number of amides is 1. The van der Waals surface area contributed by atoms with E-state index in [1.54, 1.807) is 14.2 Å². The first-order valence-corrected chi connectivity index (χ1v) is 9.45. The molecule has 0 atom stereocenters. The highest BCUT2D eigenvalue weighted by Gasteiger charge is 2.31. The van der Waals surface area contributed by atoms with Crippen molar-refractivity contribution in [3.05, 3.63) is 29.8 Å². The average Bonchev–Trinajstić information content (AvgIpc) is 3.16. The van der Waals surface area contributed by atoms with Crippen LogP contribution in [0, 0.1) is 5.41 Å². The zero-order valence-corrected chi connectivity index (χ0v) is 16.2. The van der Waals surface area contributed by atoms with Gasteiger partial charge in [0.15, 0.2) is 5.96 Å². The minimum absolute atomic E-state index is 0.0603. The molecule has 0 bridgehead atoms. The predicted molar refractivity (Wildman–Crippen MR) is 105 cm³/mol. The minimum atomic E-state index is -0.0603. The molecule has 6 nitrogen and oxygen atoms in total. The van der Waals surface area contributed by atoms with Crippen molar-refractivity contribution in [1.29, 1.82) is 0 Å². The van der Waals surface area contributed by atoms with Gasteiger partial charge in [-0.2, -0.15) is 0 Å². The summed E-state index contributed by atoms with van der Waals surface area (Å²) in [6.45, 7) is 3.87. The lowest BCUT2D eigenvalue weighted by Crippen LogP contribution is -2.46. The molecule has 26 heavy (non-hydrogen) atoms. The van der Waals surface area contributed by atoms with Gasteiger partial charge in [-0.1, -0.05) is 31.9 Å². The van der Waals surface area contributed by atoms with Gasteiger partial charge in [0.25, 0.3) is 0 Å². The zero-order chi connectivity index (χ0) is 18.8. The number of guanidine groups is 1. The Bertz CT molecular complexity index is 592. The Hall–Kier alpha value is -2.24. The second kappa shape index (κ2) is 10.0. The minimum Gasteiger partial charge on any atom is -0.497 e. The molecule has 0 aliphatic heterocycles. The monoisotopic (exact) mass is 360 g/mol. The van der Waals surface area contributed by atoms with E-state index in [1.807, 2.05) is 24.3 Å². The molecule has 0 heterocycles. The fraction of sp³-hybridized carbons (Fsp3) is 0.600. The number of methoxy groups -OCH3 is 1. The van der Waals surface area contributed by atoms with E-state index in [9.17, 15) is 4.79 Å². The number of aliphatic imine (C=N–C) groups is 1. The normalized spacial score (nSPS) is 16.2. The van der Waals surface area contributed by atoms with Gasteiger partial charge in [-0.3, -0.25) is 9.79 Å². The molecule has 1 saturated carbocycles. The van der Waals surface area contributed by atoms with Crippen LogP contribution in [0.3, 0.4) is 0 Å². The molecule has 144 valence electrons. The fourth-order valence-electron chi connectivity index (χ4n) is 3.44. The highest BCUT2D eigenvalue weighted by atomic mass is 16.5. The summed E-state index contributed by atoms with van der Waals surface area (Å²) in [5, 5.41) is 9.39. The van der Waals surface area contributed by atoms with Gasteiger partial charge in [-0.15, -0.1) is 0 Å². The summed E-state index contributed by atoms with van der Waals surface area (Å²) in [5.41, 5.74) is 1.42. The fourth-order valence-corrected chi connectivity index (χ4v) is 3.44. The molecule has 1 amide bonds. The van der Waals surface area contributed by atoms with Crippen molar-refractivity contribution in [2.24, 2.45) is 10.4 Å². The summed E-state index contributed by atoms with van der Waals surface area (Å²) in [7, 11) is 3.37. The van der Waals surface area contributed by atoms with E-state index in [0.717, 1.165) is 17.9 Å². The molecule has 0 spiro atoms. The molecule has 1 aliphatic carbocycles. The van der Waals surface area contributed by atoms with Crippen molar-refractivity contribution >= 4 is 11.9 Å². The first-order chi connectivity index (χ1) is 12.6. The molecule has 0 aromatic heterocycles. The lowest BCUT2D eigenvalue weighted by molar-refractivity contribution is -0.120. The molecule has 0 saturated heterocycles. The van der Waals surface area contributed by atoms with E-state index >= 15 is 0 Å². The molecule has 6 heteroatoms. The van der Waals surface area contributed by atoms with Gasteiger partial charge in [-0.05, 0) is 42.4 Å². The lowest BCUT2D eigenvalue weighted by Gasteiger charge is -2.28. The quantitative estimate of drug-likeness (QED) is 0.492. The number of ether oxygens (including phenoxy) is 1. The van der Waals surface area contributed by atoms with Crippen molar-refractivity contribution < 1.29 is 9.53 Å². The molecule has 3 N–H and O–H groups in total. The first-order valence-electron chi connectivity index (χ1n) is 9.45. The first kappa shape index (κ1) is 20.1. The number of nitrogens with zero attached hydrogens (tertiary/aromatic N) is 1. The van der Waals surface area contributed by atoms with Crippen LogP contribution in [0.25, 0.3) is 0 Å². The van der Waals surface area contributed by atoms with Crippen LogP contribution in [0.2, 0.25) is 0 Å². The van der Waals surface area contributed by atoms with E-state index in [0.29, 0.717) is 17.9 Å². The van der Waals surface area contributed by atoms with Gasteiger partial charge in [0.05, 0.1) is 13.7 Å². The van der Waals surface area contributed by atoms with Crippen LogP contribution < -0.4 is 20.7 Å². The lowest BCUT2D eigenvalue weighted by atomic mass is 9.83. The average molecular weight is 361 g/mol. The number of carbonyl (C=O) groups is 1. The Morgan fingerprint density at radius 1 is 1.15 bits per heavy atom. The Labute approximate surface area is 156 Å². The highest BCUT2D eigenvalue weighted by molar-refractivity contribution is 5.86. The third kappa shape index (κ3) is 5.93. The number of rotatable bonds is 8. The van der Waals surface area contributed by atoms with Gasteiger partial charge in [0.1, 0.15) is 5.75 Å². The van der Waals surface area contributed by atoms with Crippen LogP contribution in [0.1, 0.15) is 44.6 Å². The van der Waals surface area contributed by atoms with Gasteiger partial charge in [0, 0.05) is 20.1 Å². The summed E-state index contributed by atoms with van der Waals surface area (Å²) in [5.74, 6) is 1.43. The van der Waals surface area contributed by atoms with E-state index in [2.05, 4.69) is 27.9 Å². The molecular weight excluding hydrogens is 328 g/mol. The standard InChI is InChI=1S/C20H32N4O2/c1-4-20(11-5-6-12-20)15-24-19(21-2)23-14-18(25)22-13-16-7-9-17(26-3)10-8-16/h7-10H,4-6,11-15H2,1-3H3,(H,22,25)(H2,21,23,24). The summed E-state index contributed by atoms with van der Waals surface area (Å²) in [6, 6.07) is 7.66. The van der Waals surface area contributed by atoms with Gasteiger partial charge < -0.3 is 20.7 Å². The molecule has 1 fully saturated rings. The highest BCUT2D eigenvalue weighted by Crippen LogP contribution is 2.40. The maximum absolute atomic E-state index is 12.1. The van der Waals surface area contributed by atoms with Crippen LogP contribution in [0.5, 0.6) is 5.75 Å². The van der Waals surface area contributed by atoms with E-state index < -0.39 is 0 Å². The smallest absolute Gasteiger partial charge is 0.239 e. The van der Waals surface area contributed by atoms with Crippen molar-refractivity contribution in [3.8, 4) is 5.75 Å². The van der Waals surface area contributed by atoms with Crippen LogP contribution >= 0.6 is 0 Å². The number of carbonyl (C=O) groups excluding carboxylic acids is 1. The molecule has 1 aliphatic rings. The molecule has 1 aromatic rings. The maximum atomic E-state index is 12.1. The van der Waals surface area contributed by atoms with Gasteiger partial charge in [0.2, 0.25) is 5.91 Å². The van der Waals surface area contributed by atoms with E-state index in [1.165, 1.54) is 32.1 Å². The molecule has 0 radical (unpaired) electrons. The molecule has 2 rings (SSSR count). The number of hydrogen-bond donors (Lipinski definition) is 3. The Morgan fingerprint density at radius 3 is 2.42 bits per heavy atom. The van der Waals surface area contributed by atoms with Crippen LogP contribution in [0.15, 0.2) is 29.3 Å². The van der Waals surface area contributed by atoms with Crippen LogP contribution in [-0.2, 0) is 11.3 Å². The van der Waals surface area contributed by atoms with Gasteiger partial charge in [-0.25, -0.2) is 0 Å². The molecule has 1 aromatic carbocycles. The number of nitrogens with one attached hydrogen (secondary N) is 3. The van der Waals surface area contributed by atoms with Crippen LogP contribution in [-0.4, -0.2) is 39.1 Å². The number of benzene rings is 1. The van der Waals surface area contributed by atoms with E-state index in [4.69, 9.17) is 4.74 Å². The second-order valence-corrected chi connectivity index (χ2v) is 6.96. The van der Waals surface area contributed by atoms with Crippen molar-refractivity contribution in [2.45, 2.75) is 45.6 Å². The predicted octanol–water partition coefficient (Wildman–Crippen LogP) is 2.45. The van der Waals surface area contributed by atoms with Crippen molar-refractivity contribution in [2.75, 3.05) is 27.2 Å². The third-order valence-electron chi connectivity index (χ3n) is 5.33. The molecule has 0 unspecified atom stereocenters. The summed E-state index contributed by atoms with van der Waals surface area (Å²) >= 11 is 0. The summed E-state index contributed by atoms with van der Waals surface area (Å²) < 4.78 is 5.13. The van der Waals surface area contributed by atoms with E-state index in [-0.39, 0.29) is 12.5 Å².